The van der Waals surface area contributed by atoms with E-state index < -0.39 is 0 Å². The predicted octanol–water partition coefficient (Wildman–Crippen LogP) is 1.70. The average molecular weight is 316 g/mol. The molecule has 0 bridgehead atoms. The maximum Gasteiger partial charge on any atom is 0.254 e. The fraction of sp³-hybridized carbons (Fsp3) is 0.625. The van der Waals surface area contributed by atoms with E-state index in [4.69, 9.17) is 5.73 Å². The number of nitrogens with zero attached hydrogens (tertiary/aromatic N) is 4. The second kappa shape index (κ2) is 6.52. The summed E-state index contributed by atoms with van der Waals surface area (Å²) in [6, 6.07) is 0.356. The molecule has 0 aliphatic heterocycles. The Kier molecular flexibility index (Phi) is 4.45. The summed E-state index contributed by atoms with van der Waals surface area (Å²) < 4.78 is 1.65. The number of aromatic nitrogens is 4. The summed E-state index contributed by atoms with van der Waals surface area (Å²) in [5.41, 5.74) is 8.51. The molecule has 2 aromatic rings. The van der Waals surface area contributed by atoms with Crippen molar-refractivity contribution in [3.8, 4) is 0 Å². The molecule has 1 fully saturated rings. The highest BCUT2D eigenvalue weighted by molar-refractivity contribution is 5.76. The lowest BCUT2D eigenvalue weighted by atomic mass is 9.95. The van der Waals surface area contributed by atoms with E-state index in [2.05, 4.69) is 20.4 Å². The first-order valence-electron chi connectivity index (χ1n) is 8.32. The van der Waals surface area contributed by atoms with Crippen LogP contribution < -0.4 is 11.1 Å². The van der Waals surface area contributed by atoms with Gasteiger partial charge in [-0.1, -0.05) is 19.3 Å². The van der Waals surface area contributed by atoms with Crippen molar-refractivity contribution >= 4 is 17.6 Å². The van der Waals surface area contributed by atoms with Crippen LogP contribution in [0.15, 0.2) is 0 Å². The molecule has 23 heavy (non-hydrogen) atoms. The van der Waals surface area contributed by atoms with Crippen molar-refractivity contribution < 1.29 is 4.79 Å². The highest BCUT2D eigenvalue weighted by atomic mass is 16.1. The third kappa shape index (κ3) is 3.43. The molecule has 3 N–H and O–H groups in total. The maximum absolute atomic E-state index is 12.2. The molecule has 124 valence electrons. The van der Waals surface area contributed by atoms with Crippen molar-refractivity contribution in [1.82, 2.24) is 24.9 Å². The molecular weight excluding hydrogens is 292 g/mol. The lowest BCUT2D eigenvalue weighted by Gasteiger charge is -2.22. The molecule has 1 saturated carbocycles. The molecule has 0 atom stereocenters. The van der Waals surface area contributed by atoms with Gasteiger partial charge in [0.1, 0.15) is 0 Å². The van der Waals surface area contributed by atoms with Gasteiger partial charge in [-0.25, -0.2) is 4.98 Å². The number of hydrogen-bond donors (Lipinski definition) is 2. The molecule has 0 unspecified atom stereocenters. The summed E-state index contributed by atoms with van der Waals surface area (Å²) in [5, 5.41) is 7.31. The monoisotopic (exact) mass is 316 g/mol. The fourth-order valence-electron chi connectivity index (χ4n) is 3.37. The molecule has 1 amide bonds. The number of nitrogens with two attached hydrogens (primary N) is 1. The zero-order valence-electron chi connectivity index (χ0n) is 13.8. The third-order valence-electron chi connectivity index (χ3n) is 4.64. The van der Waals surface area contributed by atoms with Crippen molar-refractivity contribution in [2.45, 2.75) is 64.8 Å². The summed E-state index contributed by atoms with van der Waals surface area (Å²) in [5.74, 6) is 0.842. The molecule has 0 saturated heterocycles. The normalized spacial score (nSPS) is 15.9. The Labute approximate surface area is 135 Å². The molecule has 0 spiro atoms. The van der Waals surface area contributed by atoms with Crippen molar-refractivity contribution in [3.63, 3.8) is 0 Å². The zero-order valence-corrected chi connectivity index (χ0v) is 13.8. The van der Waals surface area contributed by atoms with Crippen molar-refractivity contribution in [1.29, 1.82) is 0 Å². The summed E-state index contributed by atoms with van der Waals surface area (Å²) in [6.45, 7) is 3.90. The summed E-state index contributed by atoms with van der Waals surface area (Å²) >= 11 is 0. The second-order valence-electron chi connectivity index (χ2n) is 6.35. The van der Waals surface area contributed by atoms with Crippen LogP contribution in [0.25, 0.3) is 5.78 Å². The molecule has 2 aromatic heterocycles. The van der Waals surface area contributed by atoms with E-state index in [9.17, 15) is 4.79 Å². The topological polar surface area (TPSA) is 98.2 Å². The number of amides is 1. The number of hydrogen-bond acceptors (Lipinski definition) is 5. The van der Waals surface area contributed by atoms with Crippen LogP contribution in [-0.2, 0) is 11.2 Å². The number of fused-ring (bicyclic) bond motifs is 1. The predicted molar refractivity (Wildman–Crippen MR) is 88.0 cm³/mol. The van der Waals surface area contributed by atoms with Gasteiger partial charge in [0.25, 0.3) is 5.78 Å². The Bertz CT molecular complexity index is 717. The molecule has 1 aliphatic rings. The first-order chi connectivity index (χ1) is 11.0. The van der Waals surface area contributed by atoms with Crippen LogP contribution in [-0.4, -0.2) is 31.5 Å². The van der Waals surface area contributed by atoms with Gasteiger partial charge >= 0.3 is 0 Å². The second-order valence-corrected chi connectivity index (χ2v) is 6.35. The van der Waals surface area contributed by atoms with Gasteiger partial charge in [-0.2, -0.15) is 9.50 Å². The van der Waals surface area contributed by atoms with Gasteiger partial charge in [0, 0.05) is 23.9 Å². The number of carbonyl (C=O) groups excluding carboxylic acids is 1. The van der Waals surface area contributed by atoms with E-state index in [0.717, 1.165) is 29.8 Å². The van der Waals surface area contributed by atoms with Crippen LogP contribution in [0, 0.1) is 13.8 Å². The van der Waals surface area contributed by atoms with Crippen LogP contribution in [0.1, 0.15) is 55.5 Å². The number of anilines is 1. The number of rotatable bonds is 4. The highest BCUT2D eigenvalue weighted by Crippen LogP contribution is 2.18. The van der Waals surface area contributed by atoms with E-state index in [1.54, 1.807) is 4.52 Å². The Balaban J connectivity index is 1.67. The minimum absolute atomic E-state index is 0.119. The smallest absolute Gasteiger partial charge is 0.254 e. The number of aryl methyl sites for hydroxylation is 2. The molecule has 0 aromatic carbocycles. The number of nitrogen functional groups attached to an aromatic ring is 1. The lowest BCUT2D eigenvalue weighted by molar-refractivity contribution is -0.121. The van der Waals surface area contributed by atoms with Crippen LogP contribution in [0.3, 0.4) is 0 Å². The summed E-state index contributed by atoms with van der Waals surface area (Å²) in [4.78, 5) is 20.7. The number of carbonyl (C=O) groups is 1. The Morgan fingerprint density at radius 3 is 2.74 bits per heavy atom. The lowest BCUT2D eigenvalue weighted by Crippen LogP contribution is -2.36. The quantitative estimate of drug-likeness (QED) is 0.894. The maximum atomic E-state index is 12.2. The molecule has 3 rings (SSSR count). The van der Waals surface area contributed by atoms with Crippen molar-refractivity contribution in [2.24, 2.45) is 0 Å². The van der Waals surface area contributed by atoms with Gasteiger partial charge in [0.05, 0.1) is 0 Å². The van der Waals surface area contributed by atoms with Crippen LogP contribution >= 0.6 is 0 Å². The number of nitrogens with one attached hydrogen (secondary N) is 1. The van der Waals surface area contributed by atoms with Gasteiger partial charge < -0.3 is 11.1 Å². The van der Waals surface area contributed by atoms with Crippen LogP contribution in [0.2, 0.25) is 0 Å². The van der Waals surface area contributed by atoms with E-state index in [1.165, 1.54) is 19.3 Å². The minimum atomic E-state index is 0.119. The fourth-order valence-corrected chi connectivity index (χ4v) is 3.37. The molecule has 7 heteroatoms. The van der Waals surface area contributed by atoms with Gasteiger partial charge in [0.2, 0.25) is 11.9 Å². The summed E-state index contributed by atoms with van der Waals surface area (Å²) in [6.07, 6.45) is 7.06. The Morgan fingerprint density at radius 1 is 1.26 bits per heavy atom. The highest BCUT2D eigenvalue weighted by Gasteiger charge is 2.17. The molecule has 2 heterocycles. The zero-order chi connectivity index (χ0) is 16.4. The third-order valence-corrected chi connectivity index (χ3v) is 4.64. The van der Waals surface area contributed by atoms with Gasteiger partial charge in [-0.05, 0) is 38.7 Å². The Hall–Kier alpha value is -2.18. The molecule has 1 aliphatic carbocycles. The minimum Gasteiger partial charge on any atom is -0.366 e. The first-order valence-corrected chi connectivity index (χ1v) is 8.32. The average Bonchev–Trinajstić information content (AvgIpc) is 2.88. The Morgan fingerprint density at radius 2 is 2.00 bits per heavy atom. The van der Waals surface area contributed by atoms with Gasteiger partial charge in [0.15, 0.2) is 0 Å². The van der Waals surface area contributed by atoms with Crippen molar-refractivity contribution in [2.75, 3.05) is 5.73 Å². The first kappa shape index (κ1) is 15.7. The van der Waals surface area contributed by atoms with E-state index in [1.807, 2.05) is 13.8 Å². The summed E-state index contributed by atoms with van der Waals surface area (Å²) in [7, 11) is 0. The molecule has 7 nitrogen and oxygen atoms in total. The van der Waals surface area contributed by atoms with Crippen molar-refractivity contribution in [3.05, 3.63) is 17.0 Å². The van der Waals surface area contributed by atoms with E-state index in [0.29, 0.717) is 24.7 Å². The van der Waals surface area contributed by atoms with Crippen LogP contribution in [0.5, 0.6) is 0 Å². The standard InChI is InChI=1S/C16H24N6O/c1-10-13(11(2)22-16(18-10)20-15(17)21-22)8-9-14(23)19-12-6-4-3-5-7-12/h12H,3-9H2,1-2H3,(H2,17,21)(H,19,23). The largest absolute Gasteiger partial charge is 0.366 e. The SMILES string of the molecule is Cc1nc2nc(N)nn2c(C)c1CCC(=O)NC1CCCCC1. The van der Waals surface area contributed by atoms with E-state index in [-0.39, 0.29) is 11.9 Å². The van der Waals surface area contributed by atoms with Gasteiger partial charge in [-0.15, -0.1) is 5.10 Å². The van der Waals surface area contributed by atoms with Gasteiger partial charge in [-0.3, -0.25) is 4.79 Å². The molecule has 0 radical (unpaired) electrons. The van der Waals surface area contributed by atoms with Crippen LogP contribution in [0.4, 0.5) is 5.95 Å². The van der Waals surface area contributed by atoms with E-state index >= 15 is 0 Å². The molecular formula is C16H24N6O.